The summed E-state index contributed by atoms with van der Waals surface area (Å²) in [5, 5.41) is 5.07. The van der Waals surface area contributed by atoms with Crippen molar-refractivity contribution in [2.45, 2.75) is 52.4 Å². The largest absolute Gasteiger partial charge is 0.245 e. The van der Waals surface area contributed by atoms with E-state index in [9.17, 15) is 0 Å². The average molecular weight is 403 g/mol. The number of aryl methyl sites for hydroxylation is 2. The van der Waals surface area contributed by atoms with Crippen LogP contribution in [0.25, 0.3) is 31.7 Å². The lowest BCUT2D eigenvalue weighted by Gasteiger charge is -2.25. The quantitative estimate of drug-likeness (QED) is 0.317. The van der Waals surface area contributed by atoms with E-state index in [4.69, 9.17) is 9.97 Å². The van der Waals surface area contributed by atoms with Crippen molar-refractivity contribution >= 4 is 33.4 Å². The van der Waals surface area contributed by atoms with Gasteiger partial charge >= 0.3 is 0 Å². The van der Waals surface area contributed by atoms with Gasteiger partial charge in [0.05, 0.1) is 31.2 Å². The maximum atomic E-state index is 4.91. The second-order valence-corrected chi connectivity index (χ2v) is 11.5. The average Bonchev–Trinajstić information content (AvgIpc) is 3.31. The van der Waals surface area contributed by atoms with Crippen LogP contribution >= 0.6 is 22.7 Å². The van der Waals surface area contributed by atoms with Crippen LogP contribution in [0.3, 0.4) is 0 Å². The minimum atomic E-state index is -0.0639. The van der Waals surface area contributed by atoms with Crippen molar-refractivity contribution in [2.75, 3.05) is 0 Å². The number of thiazole rings is 2. The van der Waals surface area contributed by atoms with E-state index in [-0.39, 0.29) is 10.8 Å². The Bertz CT molecular complexity index is 1230. The molecule has 0 bridgehead atoms. The zero-order chi connectivity index (χ0) is 19.6. The third-order valence-corrected chi connectivity index (χ3v) is 8.60. The minimum absolute atomic E-state index is 0.0639. The molecule has 0 saturated carbocycles. The van der Waals surface area contributed by atoms with Gasteiger partial charge in [0, 0.05) is 10.8 Å². The van der Waals surface area contributed by atoms with Gasteiger partial charge < -0.3 is 0 Å². The highest BCUT2D eigenvalue weighted by atomic mass is 32.1. The van der Waals surface area contributed by atoms with E-state index in [1.54, 1.807) is 0 Å². The van der Waals surface area contributed by atoms with E-state index in [2.05, 4.69) is 65.8 Å². The lowest BCUT2D eigenvalue weighted by molar-refractivity contribution is 0.639. The maximum absolute atomic E-state index is 4.91. The zero-order valence-electron chi connectivity index (χ0n) is 17.0. The molecule has 0 saturated heterocycles. The molecular weight excluding hydrogens is 380 g/mol. The van der Waals surface area contributed by atoms with Crippen LogP contribution < -0.4 is 0 Å². The number of fused-ring (bicyclic) bond motifs is 9. The molecule has 4 heteroatoms. The van der Waals surface area contributed by atoms with Crippen molar-refractivity contribution in [2.24, 2.45) is 0 Å². The Labute approximate surface area is 173 Å². The molecule has 0 unspecified atom stereocenters. The van der Waals surface area contributed by atoms with Crippen LogP contribution in [0.5, 0.6) is 0 Å². The summed E-state index contributed by atoms with van der Waals surface area (Å²) >= 11 is 3.66. The van der Waals surface area contributed by atoms with E-state index in [1.807, 2.05) is 22.7 Å². The monoisotopic (exact) mass is 402 g/mol. The van der Waals surface area contributed by atoms with Gasteiger partial charge in [-0.25, -0.2) is 9.97 Å². The lowest BCUT2D eigenvalue weighted by atomic mass is 9.78. The zero-order valence-corrected chi connectivity index (χ0v) is 18.7. The van der Waals surface area contributed by atoms with Crippen molar-refractivity contribution in [3.63, 3.8) is 0 Å². The molecule has 0 atom stereocenters. The van der Waals surface area contributed by atoms with Gasteiger partial charge in [-0.1, -0.05) is 52.0 Å². The Morgan fingerprint density at radius 1 is 0.643 bits per heavy atom. The topological polar surface area (TPSA) is 25.8 Å². The van der Waals surface area contributed by atoms with Crippen molar-refractivity contribution in [1.82, 2.24) is 9.97 Å². The van der Waals surface area contributed by atoms with Crippen LogP contribution in [0.1, 0.15) is 60.2 Å². The van der Waals surface area contributed by atoms with Gasteiger partial charge in [0.15, 0.2) is 0 Å². The first kappa shape index (κ1) is 16.9. The van der Waals surface area contributed by atoms with Crippen molar-refractivity contribution < 1.29 is 0 Å². The Hall–Kier alpha value is -2.04. The van der Waals surface area contributed by atoms with Crippen LogP contribution in [-0.4, -0.2) is 9.97 Å². The molecule has 4 aromatic rings. The summed E-state index contributed by atoms with van der Waals surface area (Å²) in [4.78, 5) is 12.5. The number of hydrogen-bond donors (Lipinski definition) is 0. The summed E-state index contributed by atoms with van der Waals surface area (Å²) in [6.45, 7) is 13.5. The SMILES string of the molecule is Cc1nc2c(s1)-c1ccc3c4c(ccc3c1C2(C)C)-c1sc(C)nc1C4(C)C. The van der Waals surface area contributed by atoms with Crippen molar-refractivity contribution in [3.8, 4) is 20.9 Å². The summed E-state index contributed by atoms with van der Waals surface area (Å²) in [5.74, 6) is 0. The van der Waals surface area contributed by atoms with Gasteiger partial charge in [-0.3, -0.25) is 0 Å². The van der Waals surface area contributed by atoms with E-state index < -0.39 is 0 Å². The molecule has 0 fully saturated rings. The van der Waals surface area contributed by atoms with Gasteiger partial charge in [0.2, 0.25) is 0 Å². The molecule has 2 aliphatic rings. The molecule has 2 aromatic carbocycles. The third-order valence-electron chi connectivity index (χ3n) is 6.59. The highest BCUT2D eigenvalue weighted by Crippen LogP contribution is 2.57. The molecule has 0 aliphatic heterocycles. The highest BCUT2D eigenvalue weighted by molar-refractivity contribution is 7.15. The molecule has 0 amide bonds. The standard InChI is InChI=1S/C24H22N2S2/c1-11-25-21-19(27-11)15-9-7-14-13(17(15)23(21,3)4)8-10-16-18(14)24(5,6)22-20(16)28-12(2)26-22/h7-10H,1-6H3. The molecule has 0 radical (unpaired) electrons. The van der Waals surface area contributed by atoms with E-state index in [1.165, 1.54) is 54.2 Å². The fraction of sp³-hybridized carbons (Fsp3) is 0.333. The molecule has 140 valence electrons. The predicted octanol–water partition coefficient (Wildman–Crippen LogP) is 6.98. The Morgan fingerprint density at radius 2 is 1.04 bits per heavy atom. The highest BCUT2D eigenvalue weighted by Gasteiger charge is 2.43. The number of rotatable bonds is 0. The molecule has 2 heterocycles. The van der Waals surface area contributed by atoms with E-state index >= 15 is 0 Å². The van der Waals surface area contributed by atoms with Gasteiger partial charge in [-0.05, 0) is 46.9 Å². The molecule has 2 nitrogen and oxygen atoms in total. The summed E-state index contributed by atoms with van der Waals surface area (Å²) in [5.41, 5.74) is 7.99. The maximum Gasteiger partial charge on any atom is 0.0904 e. The summed E-state index contributed by atoms with van der Waals surface area (Å²) < 4.78 is 0. The second-order valence-electron chi connectivity index (χ2n) is 9.14. The lowest BCUT2D eigenvalue weighted by Crippen LogP contribution is -2.19. The molecule has 28 heavy (non-hydrogen) atoms. The summed E-state index contributed by atoms with van der Waals surface area (Å²) in [6, 6.07) is 9.37. The summed E-state index contributed by atoms with van der Waals surface area (Å²) in [7, 11) is 0. The second kappa shape index (κ2) is 4.92. The van der Waals surface area contributed by atoms with Crippen molar-refractivity contribution in [3.05, 3.63) is 56.8 Å². The first-order valence-electron chi connectivity index (χ1n) is 9.78. The minimum Gasteiger partial charge on any atom is -0.245 e. The third kappa shape index (κ3) is 1.79. The first-order chi connectivity index (χ1) is 13.2. The molecule has 0 spiro atoms. The molecular formula is C24H22N2S2. The molecule has 2 aromatic heterocycles. The van der Waals surface area contributed by atoms with Crippen LogP contribution in [0.15, 0.2) is 24.3 Å². The number of nitrogens with zero attached hydrogens (tertiary/aromatic N) is 2. The van der Waals surface area contributed by atoms with Crippen LogP contribution in [0, 0.1) is 13.8 Å². The Balaban J connectivity index is 1.72. The van der Waals surface area contributed by atoms with Crippen LogP contribution in [-0.2, 0) is 10.8 Å². The first-order valence-corrected chi connectivity index (χ1v) is 11.4. The summed E-state index contributed by atoms with van der Waals surface area (Å²) in [6.07, 6.45) is 0. The predicted molar refractivity (Wildman–Crippen MR) is 120 cm³/mol. The normalized spacial score (nSPS) is 17.5. The molecule has 2 aliphatic carbocycles. The number of benzene rings is 2. The molecule has 6 rings (SSSR count). The Morgan fingerprint density at radius 3 is 1.43 bits per heavy atom. The van der Waals surface area contributed by atoms with Crippen LogP contribution in [0.4, 0.5) is 0 Å². The molecule has 0 N–H and O–H groups in total. The van der Waals surface area contributed by atoms with E-state index in [0.29, 0.717) is 0 Å². The number of aromatic nitrogens is 2. The fourth-order valence-electron chi connectivity index (χ4n) is 5.43. The van der Waals surface area contributed by atoms with Gasteiger partial charge in [0.25, 0.3) is 0 Å². The van der Waals surface area contributed by atoms with Gasteiger partial charge in [-0.15, -0.1) is 22.7 Å². The van der Waals surface area contributed by atoms with E-state index in [0.717, 1.165) is 10.0 Å². The Kier molecular flexibility index (Phi) is 2.97. The fourth-order valence-corrected chi connectivity index (χ4v) is 7.65. The number of hydrogen-bond acceptors (Lipinski definition) is 4. The van der Waals surface area contributed by atoms with Gasteiger partial charge in [0.1, 0.15) is 0 Å². The van der Waals surface area contributed by atoms with Gasteiger partial charge in [-0.2, -0.15) is 0 Å². The van der Waals surface area contributed by atoms with Crippen molar-refractivity contribution in [1.29, 1.82) is 0 Å². The van der Waals surface area contributed by atoms with Crippen LogP contribution in [0.2, 0.25) is 0 Å². The smallest absolute Gasteiger partial charge is 0.0904 e.